The molecule has 3 nitrogen and oxygen atoms in total. The zero-order valence-electron chi connectivity index (χ0n) is 8.56. The molecule has 2 unspecified atom stereocenters. The van der Waals surface area contributed by atoms with Gasteiger partial charge in [0.05, 0.1) is 18.8 Å². The van der Waals surface area contributed by atoms with E-state index in [0.717, 1.165) is 19.6 Å². The maximum Gasteiger partial charge on any atom is 0.0718 e. The number of morpholine rings is 1. The summed E-state index contributed by atoms with van der Waals surface area (Å²) in [5, 5.41) is 9.98. The summed E-state index contributed by atoms with van der Waals surface area (Å²) < 4.78 is 5.58. The van der Waals surface area contributed by atoms with Gasteiger partial charge in [-0.1, -0.05) is 12.8 Å². The smallest absolute Gasteiger partial charge is 0.0718 e. The Balaban J connectivity index is 1.69. The largest absolute Gasteiger partial charge is 0.391 e. The van der Waals surface area contributed by atoms with Crippen molar-refractivity contribution in [2.75, 3.05) is 13.2 Å². The van der Waals surface area contributed by atoms with Crippen LogP contribution in [-0.4, -0.2) is 47.4 Å². The van der Waals surface area contributed by atoms with E-state index in [1.807, 2.05) is 0 Å². The van der Waals surface area contributed by atoms with Crippen molar-refractivity contribution in [1.29, 1.82) is 0 Å². The van der Waals surface area contributed by atoms with Gasteiger partial charge in [0, 0.05) is 18.6 Å². The van der Waals surface area contributed by atoms with Crippen molar-refractivity contribution in [2.45, 2.75) is 56.4 Å². The monoisotopic (exact) mass is 197 g/mol. The summed E-state index contributed by atoms with van der Waals surface area (Å²) in [6.07, 6.45) is 6.26. The molecule has 1 N–H and O–H groups in total. The van der Waals surface area contributed by atoms with Crippen LogP contribution in [0.15, 0.2) is 0 Å². The first-order chi connectivity index (χ1) is 6.84. The maximum absolute atomic E-state index is 9.98. The van der Waals surface area contributed by atoms with Crippen molar-refractivity contribution in [3.8, 4) is 0 Å². The Morgan fingerprint density at radius 2 is 2.07 bits per heavy atom. The molecular formula is C11H19NO2. The highest BCUT2D eigenvalue weighted by Gasteiger charge is 2.44. The van der Waals surface area contributed by atoms with Crippen molar-refractivity contribution < 1.29 is 9.84 Å². The van der Waals surface area contributed by atoms with Crippen molar-refractivity contribution in [1.82, 2.24) is 4.90 Å². The molecule has 3 aliphatic rings. The number of aliphatic hydroxyl groups is 1. The Labute approximate surface area is 85.0 Å². The van der Waals surface area contributed by atoms with E-state index < -0.39 is 0 Å². The number of hydrogen-bond acceptors (Lipinski definition) is 3. The van der Waals surface area contributed by atoms with E-state index in [9.17, 15) is 5.11 Å². The highest BCUT2D eigenvalue weighted by Crippen LogP contribution is 2.34. The average Bonchev–Trinajstić information content (AvgIpc) is 2.79. The molecule has 4 atom stereocenters. The van der Waals surface area contributed by atoms with E-state index in [1.165, 1.54) is 25.7 Å². The first-order valence-corrected chi connectivity index (χ1v) is 5.90. The van der Waals surface area contributed by atoms with E-state index in [-0.39, 0.29) is 6.10 Å². The van der Waals surface area contributed by atoms with Crippen LogP contribution in [0.4, 0.5) is 0 Å². The molecule has 0 spiro atoms. The van der Waals surface area contributed by atoms with E-state index in [0.29, 0.717) is 18.2 Å². The van der Waals surface area contributed by atoms with Gasteiger partial charge in [0.15, 0.2) is 0 Å². The molecule has 0 aromatic carbocycles. The van der Waals surface area contributed by atoms with Crippen LogP contribution in [0.3, 0.4) is 0 Å². The molecule has 2 bridgehead atoms. The molecule has 0 amide bonds. The third-order valence-electron chi connectivity index (χ3n) is 4.06. The molecule has 1 saturated carbocycles. The molecule has 2 heterocycles. The van der Waals surface area contributed by atoms with E-state index in [2.05, 4.69) is 4.90 Å². The van der Waals surface area contributed by atoms with Crippen LogP contribution in [0.5, 0.6) is 0 Å². The lowest BCUT2D eigenvalue weighted by Gasteiger charge is -2.39. The number of fused-ring (bicyclic) bond motifs is 2. The lowest BCUT2D eigenvalue weighted by Crippen LogP contribution is -2.50. The van der Waals surface area contributed by atoms with Gasteiger partial charge in [0.2, 0.25) is 0 Å². The number of likely N-dealkylation sites (tertiary alicyclic amines) is 1. The van der Waals surface area contributed by atoms with Crippen molar-refractivity contribution >= 4 is 0 Å². The fraction of sp³-hybridized carbons (Fsp3) is 1.00. The minimum atomic E-state index is -0.0805. The Bertz CT molecular complexity index is 221. The second-order valence-corrected chi connectivity index (χ2v) is 4.96. The fourth-order valence-electron chi connectivity index (χ4n) is 3.31. The summed E-state index contributed by atoms with van der Waals surface area (Å²) in [6, 6.07) is 1.04. The Morgan fingerprint density at radius 1 is 1.21 bits per heavy atom. The van der Waals surface area contributed by atoms with Gasteiger partial charge in [-0.2, -0.15) is 0 Å². The van der Waals surface area contributed by atoms with Crippen LogP contribution in [0.2, 0.25) is 0 Å². The van der Waals surface area contributed by atoms with Crippen molar-refractivity contribution in [2.24, 2.45) is 0 Å². The molecule has 2 saturated heterocycles. The zero-order chi connectivity index (χ0) is 9.54. The van der Waals surface area contributed by atoms with Crippen LogP contribution >= 0.6 is 0 Å². The molecule has 3 heteroatoms. The number of rotatable bonds is 1. The Hall–Kier alpha value is -0.120. The Morgan fingerprint density at radius 3 is 2.71 bits per heavy atom. The van der Waals surface area contributed by atoms with Crippen LogP contribution in [0.1, 0.15) is 32.1 Å². The Kier molecular flexibility index (Phi) is 2.26. The van der Waals surface area contributed by atoms with Gasteiger partial charge in [-0.25, -0.2) is 0 Å². The summed E-state index contributed by atoms with van der Waals surface area (Å²) in [7, 11) is 0. The topological polar surface area (TPSA) is 32.7 Å². The van der Waals surface area contributed by atoms with Gasteiger partial charge >= 0.3 is 0 Å². The highest BCUT2D eigenvalue weighted by atomic mass is 16.5. The lowest BCUT2D eigenvalue weighted by molar-refractivity contribution is -0.0382. The second-order valence-electron chi connectivity index (χ2n) is 4.96. The molecule has 0 aromatic rings. The molecule has 3 rings (SSSR count). The van der Waals surface area contributed by atoms with Crippen LogP contribution in [0, 0.1) is 0 Å². The minimum Gasteiger partial charge on any atom is -0.391 e. The van der Waals surface area contributed by atoms with Crippen LogP contribution < -0.4 is 0 Å². The number of hydrogen-bond donors (Lipinski definition) is 1. The number of nitrogens with zero attached hydrogens (tertiary/aromatic N) is 1. The zero-order valence-corrected chi connectivity index (χ0v) is 8.56. The minimum absolute atomic E-state index is 0.0805. The highest BCUT2D eigenvalue weighted by molar-refractivity contribution is 4.97. The molecule has 2 aliphatic heterocycles. The van der Waals surface area contributed by atoms with Crippen LogP contribution in [-0.2, 0) is 4.74 Å². The van der Waals surface area contributed by atoms with E-state index in [4.69, 9.17) is 4.74 Å². The third-order valence-corrected chi connectivity index (χ3v) is 4.06. The quantitative estimate of drug-likeness (QED) is 0.673. The van der Waals surface area contributed by atoms with Gasteiger partial charge in [-0.15, -0.1) is 0 Å². The molecule has 14 heavy (non-hydrogen) atoms. The standard InChI is InChI=1S/C11H19NO2/c13-11-4-2-1-3-10(11)12-6-9-5-8(12)7-14-9/h8-11,13H,1-7H2/t8?,9?,10-,11-/m0/s1. The lowest BCUT2D eigenvalue weighted by atomic mass is 9.91. The van der Waals surface area contributed by atoms with Gasteiger partial charge in [0.1, 0.15) is 0 Å². The second kappa shape index (κ2) is 3.47. The maximum atomic E-state index is 9.98. The predicted octanol–water partition coefficient (Wildman–Crippen LogP) is 0.763. The summed E-state index contributed by atoms with van der Waals surface area (Å²) in [4.78, 5) is 2.51. The summed E-state index contributed by atoms with van der Waals surface area (Å²) >= 11 is 0. The van der Waals surface area contributed by atoms with Gasteiger partial charge in [0.25, 0.3) is 0 Å². The first-order valence-electron chi connectivity index (χ1n) is 5.90. The predicted molar refractivity (Wildman–Crippen MR) is 53.1 cm³/mol. The van der Waals surface area contributed by atoms with Crippen molar-refractivity contribution in [3.63, 3.8) is 0 Å². The van der Waals surface area contributed by atoms with Gasteiger partial charge in [-0.3, -0.25) is 4.90 Å². The molecule has 3 fully saturated rings. The molecule has 80 valence electrons. The molecule has 1 aliphatic carbocycles. The number of ether oxygens (including phenoxy) is 1. The number of aliphatic hydroxyl groups excluding tert-OH is 1. The van der Waals surface area contributed by atoms with Crippen LogP contribution in [0.25, 0.3) is 0 Å². The summed E-state index contributed by atoms with van der Waals surface area (Å²) in [5.74, 6) is 0. The molecular weight excluding hydrogens is 178 g/mol. The SMILES string of the molecule is O[C@H]1CCCC[C@@H]1N1CC2CC1CO2. The summed E-state index contributed by atoms with van der Waals surface area (Å²) in [5.41, 5.74) is 0. The normalized spacial score (nSPS) is 48.6. The van der Waals surface area contributed by atoms with Gasteiger partial charge in [-0.05, 0) is 19.3 Å². The summed E-state index contributed by atoms with van der Waals surface area (Å²) in [6.45, 7) is 1.96. The molecule has 0 radical (unpaired) electrons. The van der Waals surface area contributed by atoms with E-state index >= 15 is 0 Å². The van der Waals surface area contributed by atoms with E-state index in [1.54, 1.807) is 0 Å². The fourth-order valence-corrected chi connectivity index (χ4v) is 3.31. The average molecular weight is 197 g/mol. The van der Waals surface area contributed by atoms with Gasteiger partial charge < -0.3 is 9.84 Å². The van der Waals surface area contributed by atoms with Crippen molar-refractivity contribution in [3.05, 3.63) is 0 Å². The first kappa shape index (κ1) is 9.13. The third kappa shape index (κ3) is 1.38. The molecule has 0 aromatic heterocycles.